The number of nitrogens with one attached hydrogen (secondary N) is 1. The first kappa shape index (κ1) is 11.6. The lowest BCUT2D eigenvalue weighted by Crippen LogP contribution is -2.19. The second kappa shape index (κ2) is 4.34. The number of rotatable bonds is 3. The first-order valence-electron chi connectivity index (χ1n) is 5.90. The molecule has 2 atom stereocenters. The van der Waals surface area contributed by atoms with Crippen molar-refractivity contribution in [3.63, 3.8) is 0 Å². The SMILES string of the molecule is Cc1noc2ncnc(NC3C=CC(C(=O)O)C3)c12. The lowest BCUT2D eigenvalue weighted by Gasteiger charge is -2.12. The third-order valence-electron chi connectivity index (χ3n) is 3.17. The van der Waals surface area contributed by atoms with Crippen LogP contribution in [0.25, 0.3) is 11.1 Å². The van der Waals surface area contributed by atoms with E-state index in [0.29, 0.717) is 23.6 Å². The van der Waals surface area contributed by atoms with E-state index in [0.717, 1.165) is 5.39 Å². The van der Waals surface area contributed by atoms with Crippen molar-refractivity contribution in [1.82, 2.24) is 15.1 Å². The molecule has 0 saturated carbocycles. The van der Waals surface area contributed by atoms with E-state index in [2.05, 4.69) is 20.4 Å². The molecule has 19 heavy (non-hydrogen) atoms. The molecule has 2 heterocycles. The van der Waals surface area contributed by atoms with Crippen LogP contribution in [0, 0.1) is 12.8 Å². The Hall–Kier alpha value is -2.44. The summed E-state index contributed by atoms with van der Waals surface area (Å²) in [6.45, 7) is 1.81. The van der Waals surface area contributed by atoms with Crippen LogP contribution in [0.2, 0.25) is 0 Å². The Morgan fingerprint density at radius 3 is 3.05 bits per heavy atom. The number of carbonyl (C=O) groups is 1. The first-order chi connectivity index (χ1) is 9.15. The quantitative estimate of drug-likeness (QED) is 0.803. The Morgan fingerprint density at radius 2 is 2.32 bits per heavy atom. The zero-order chi connectivity index (χ0) is 13.4. The van der Waals surface area contributed by atoms with Crippen molar-refractivity contribution in [3.8, 4) is 0 Å². The molecule has 3 rings (SSSR count). The van der Waals surface area contributed by atoms with Crippen LogP contribution < -0.4 is 5.32 Å². The number of fused-ring (bicyclic) bond motifs is 1. The standard InChI is InChI=1S/C12H12N4O3/c1-6-9-10(13-5-14-11(9)19-16-6)15-8-3-2-7(4-8)12(17)18/h2-3,5,7-8H,4H2,1H3,(H,17,18)(H,13,14,15). The zero-order valence-corrected chi connectivity index (χ0v) is 10.2. The maximum atomic E-state index is 10.9. The highest BCUT2D eigenvalue weighted by atomic mass is 16.5. The predicted molar refractivity (Wildman–Crippen MR) is 66.6 cm³/mol. The fourth-order valence-electron chi connectivity index (χ4n) is 2.20. The van der Waals surface area contributed by atoms with E-state index >= 15 is 0 Å². The van der Waals surface area contributed by atoms with Crippen LogP contribution in [-0.4, -0.2) is 32.2 Å². The molecule has 0 saturated heterocycles. The van der Waals surface area contributed by atoms with Crippen molar-refractivity contribution in [2.75, 3.05) is 5.32 Å². The molecule has 2 aromatic rings. The van der Waals surface area contributed by atoms with Gasteiger partial charge in [-0.1, -0.05) is 17.3 Å². The van der Waals surface area contributed by atoms with E-state index in [4.69, 9.17) is 9.63 Å². The summed E-state index contributed by atoms with van der Waals surface area (Å²) >= 11 is 0. The molecular weight excluding hydrogens is 248 g/mol. The smallest absolute Gasteiger partial charge is 0.310 e. The highest BCUT2D eigenvalue weighted by molar-refractivity contribution is 5.87. The van der Waals surface area contributed by atoms with Crippen LogP contribution in [0.3, 0.4) is 0 Å². The van der Waals surface area contributed by atoms with Gasteiger partial charge in [0.25, 0.3) is 5.71 Å². The van der Waals surface area contributed by atoms with E-state index in [-0.39, 0.29) is 6.04 Å². The van der Waals surface area contributed by atoms with Crippen LogP contribution in [0.15, 0.2) is 23.0 Å². The summed E-state index contributed by atoms with van der Waals surface area (Å²) in [5, 5.41) is 16.7. The Morgan fingerprint density at radius 1 is 1.47 bits per heavy atom. The fourth-order valence-corrected chi connectivity index (χ4v) is 2.20. The minimum Gasteiger partial charge on any atom is -0.481 e. The van der Waals surface area contributed by atoms with Crippen molar-refractivity contribution >= 4 is 22.9 Å². The van der Waals surface area contributed by atoms with Crippen molar-refractivity contribution in [3.05, 3.63) is 24.2 Å². The minimum atomic E-state index is -0.811. The van der Waals surface area contributed by atoms with E-state index in [9.17, 15) is 4.79 Å². The van der Waals surface area contributed by atoms with Gasteiger partial charge in [-0.3, -0.25) is 4.79 Å². The number of aryl methyl sites for hydroxylation is 1. The second-order valence-corrected chi connectivity index (χ2v) is 4.49. The molecule has 0 radical (unpaired) electrons. The topological polar surface area (TPSA) is 101 Å². The van der Waals surface area contributed by atoms with E-state index in [1.807, 2.05) is 13.0 Å². The highest BCUT2D eigenvalue weighted by Crippen LogP contribution is 2.26. The monoisotopic (exact) mass is 260 g/mol. The molecule has 0 spiro atoms. The fraction of sp³-hybridized carbons (Fsp3) is 0.333. The van der Waals surface area contributed by atoms with E-state index < -0.39 is 11.9 Å². The molecule has 98 valence electrons. The Bertz CT molecular complexity index is 664. The van der Waals surface area contributed by atoms with Gasteiger partial charge < -0.3 is 14.9 Å². The van der Waals surface area contributed by atoms with Gasteiger partial charge in [-0.25, -0.2) is 4.98 Å². The molecule has 7 heteroatoms. The molecule has 2 aromatic heterocycles. The minimum absolute atomic E-state index is 0.0616. The Labute approximate surface area is 108 Å². The maximum Gasteiger partial charge on any atom is 0.310 e. The summed E-state index contributed by atoms with van der Waals surface area (Å²) in [5.41, 5.74) is 1.13. The molecule has 0 bridgehead atoms. The lowest BCUT2D eigenvalue weighted by molar-refractivity contribution is -0.140. The largest absolute Gasteiger partial charge is 0.481 e. The zero-order valence-electron chi connectivity index (χ0n) is 10.2. The molecule has 2 unspecified atom stereocenters. The van der Waals surface area contributed by atoms with Crippen molar-refractivity contribution < 1.29 is 14.4 Å². The number of aliphatic carboxylic acids is 1. The number of hydrogen-bond acceptors (Lipinski definition) is 6. The molecule has 0 amide bonds. The molecule has 1 aliphatic carbocycles. The van der Waals surface area contributed by atoms with Gasteiger partial charge in [-0.15, -0.1) is 0 Å². The average molecular weight is 260 g/mol. The summed E-state index contributed by atoms with van der Waals surface area (Å²) in [7, 11) is 0. The van der Waals surface area contributed by atoms with E-state index in [1.54, 1.807) is 6.08 Å². The highest BCUT2D eigenvalue weighted by Gasteiger charge is 2.25. The van der Waals surface area contributed by atoms with Crippen LogP contribution in [-0.2, 0) is 4.79 Å². The van der Waals surface area contributed by atoms with Crippen LogP contribution in [0.1, 0.15) is 12.1 Å². The summed E-state index contributed by atoms with van der Waals surface area (Å²) in [4.78, 5) is 19.1. The van der Waals surface area contributed by atoms with Crippen LogP contribution in [0.4, 0.5) is 5.82 Å². The third kappa shape index (κ3) is 2.03. The van der Waals surface area contributed by atoms with Gasteiger partial charge in [0, 0.05) is 6.04 Å². The summed E-state index contributed by atoms with van der Waals surface area (Å²) in [5.74, 6) is -0.641. The van der Waals surface area contributed by atoms with Crippen molar-refractivity contribution in [2.24, 2.45) is 5.92 Å². The van der Waals surface area contributed by atoms with Gasteiger partial charge in [0.05, 0.1) is 11.6 Å². The van der Waals surface area contributed by atoms with Crippen molar-refractivity contribution in [2.45, 2.75) is 19.4 Å². The third-order valence-corrected chi connectivity index (χ3v) is 3.17. The second-order valence-electron chi connectivity index (χ2n) is 4.49. The van der Waals surface area contributed by atoms with Gasteiger partial charge >= 0.3 is 5.97 Å². The Balaban J connectivity index is 1.85. The maximum absolute atomic E-state index is 10.9. The lowest BCUT2D eigenvalue weighted by atomic mass is 10.1. The molecule has 0 aromatic carbocycles. The molecule has 2 N–H and O–H groups in total. The number of anilines is 1. The summed E-state index contributed by atoms with van der Waals surface area (Å²) < 4.78 is 5.06. The Kier molecular flexibility index (Phi) is 2.66. The number of aromatic nitrogens is 3. The number of carboxylic acid groups (broad SMARTS) is 1. The predicted octanol–water partition coefficient (Wildman–Crippen LogP) is 1.37. The summed E-state index contributed by atoms with van der Waals surface area (Å²) in [6, 6.07) is -0.0616. The van der Waals surface area contributed by atoms with Gasteiger partial charge in [0.15, 0.2) is 0 Å². The molecular formula is C12H12N4O3. The van der Waals surface area contributed by atoms with Crippen LogP contribution in [0.5, 0.6) is 0 Å². The average Bonchev–Trinajstić information content (AvgIpc) is 2.98. The molecule has 0 fully saturated rings. The van der Waals surface area contributed by atoms with Gasteiger partial charge in [-0.05, 0) is 13.3 Å². The number of nitrogens with zero attached hydrogens (tertiary/aromatic N) is 3. The van der Waals surface area contributed by atoms with Crippen molar-refractivity contribution in [1.29, 1.82) is 0 Å². The van der Waals surface area contributed by atoms with E-state index in [1.165, 1.54) is 6.33 Å². The van der Waals surface area contributed by atoms with Gasteiger partial charge in [0.2, 0.25) is 0 Å². The molecule has 7 nitrogen and oxygen atoms in total. The molecule has 1 aliphatic rings. The van der Waals surface area contributed by atoms with Gasteiger partial charge in [0.1, 0.15) is 17.5 Å². The van der Waals surface area contributed by atoms with Gasteiger partial charge in [-0.2, -0.15) is 4.98 Å². The first-order valence-corrected chi connectivity index (χ1v) is 5.90. The molecule has 0 aliphatic heterocycles. The normalized spacial score (nSPS) is 21.9. The van der Waals surface area contributed by atoms with Crippen LogP contribution >= 0.6 is 0 Å². The summed E-state index contributed by atoms with van der Waals surface area (Å²) in [6.07, 6.45) is 5.43. The number of hydrogen-bond donors (Lipinski definition) is 2. The number of carboxylic acids is 1.